The molecule has 1 saturated heterocycles. The molecule has 0 spiro atoms. The zero-order valence-electron chi connectivity index (χ0n) is 13.1. The number of hydrogen-bond acceptors (Lipinski definition) is 3. The molecule has 0 aromatic carbocycles. The summed E-state index contributed by atoms with van der Waals surface area (Å²) in [4.78, 5) is 27.7. The monoisotopic (exact) mass is 320 g/mol. The largest absolute Gasteiger partial charge is 0.353 e. The van der Waals surface area contributed by atoms with Crippen LogP contribution in [0.15, 0.2) is 17.5 Å². The topological polar surface area (TPSA) is 49.4 Å². The van der Waals surface area contributed by atoms with Crippen molar-refractivity contribution in [2.45, 2.75) is 57.0 Å². The average molecular weight is 320 g/mol. The van der Waals surface area contributed by atoms with Crippen molar-refractivity contribution in [3.8, 4) is 0 Å². The van der Waals surface area contributed by atoms with Gasteiger partial charge in [-0.15, -0.1) is 11.3 Å². The van der Waals surface area contributed by atoms with Gasteiger partial charge in [-0.2, -0.15) is 0 Å². The van der Waals surface area contributed by atoms with Crippen molar-refractivity contribution in [3.63, 3.8) is 0 Å². The van der Waals surface area contributed by atoms with Crippen molar-refractivity contribution in [1.82, 2.24) is 10.2 Å². The van der Waals surface area contributed by atoms with Gasteiger partial charge in [-0.3, -0.25) is 9.59 Å². The maximum Gasteiger partial charge on any atom is 0.225 e. The normalized spacial score (nSPS) is 27.0. The van der Waals surface area contributed by atoms with Crippen LogP contribution in [-0.4, -0.2) is 29.8 Å². The maximum atomic E-state index is 12.8. The van der Waals surface area contributed by atoms with Crippen molar-refractivity contribution in [3.05, 3.63) is 22.4 Å². The molecule has 2 aliphatic rings. The molecule has 2 heterocycles. The molecule has 1 aliphatic carbocycles. The van der Waals surface area contributed by atoms with E-state index in [-0.39, 0.29) is 23.8 Å². The Morgan fingerprint density at radius 3 is 2.73 bits per heavy atom. The molecule has 3 rings (SSSR count). The van der Waals surface area contributed by atoms with Crippen LogP contribution in [0.4, 0.5) is 0 Å². The number of carbonyl (C=O) groups is 2. The molecule has 1 aromatic heterocycles. The minimum absolute atomic E-state index is 0.107. The SMILES string of the molecule is CN1C(=O)CC[C@@H](C(=O)NC2CCCCC2)[C@@H]1c1cccs1. The number of thiophene rings is 1. The molecule has 1 aliphatic heterocycles. The van der Waals surface area contributed by atoms with Crippen LogP contribution in [0.3, 0.4) is 0 Å². The molecule has 1 saturated carbocycles. The van der Waals surface area contributed by atoms with Gasteiger partial charge in [-0.25, -0.2) is 0 Å². The van der Waals surface area contributed by atoms with E-state index in [2.05, 4.69) is 5.32 Å². The highest BCUT2D eigenvalue weighted by molar-refractivity contribution is 7.10. The van der Waals surface area contributed by atoms with Gasteiger partial charge in [0.15, 0.2) is 0 Å². The molecule has 0 bridgehead atoms. The second-order valence-electron chi connectivity index (χ2n) is 6.45. The third-order valence-corrected chi connectivity index (χ3v) is 5.93. The van der Waals surface area contributed by atoms with Crippen LogP contribution in [0, 0.1) is 5.92 Å². The van der Waals surface area contributed by atoms with Crippen LogP contribution in [0.25, 0.3) is 0 Å². The third kappa shape index (κ3) is 3.19. The second-order valence-corrected chi connectivity index (χ2v) is 7.43. The first-order chi connectivity index (χ1) is 10.7. The highest BCUT2D eigenvalue weighted by Crippen LogP contribution is 2.38. The molecule has 5 heteroatoms. The van der Waals surface area contributed by atoms with Gasteiger partial charge in [0.2, 0.25) is 11.8 Å². The first-order valence-electron chi connectivity index (χ1n) is 8.26. The van der Waals surface area contributed by atoms with E-state index < -0.39 is 0 Å². The molecule has 4 nitrogen and oxygen atoms in total. The lowest BCUT2D eigenvalue weighted by Crippen LogP contribution is -2.48. The fourth-order valence-electron chi connectivity index (χ4n) is 3.72. The molecule has 2 fully saturated rings. The van der Waals surface area contributed by atoms with E-state index in [1.807, 2.05) is 24.6 Å². The predicted molar refractivity (Wildman–Crippen MR) is 87.6 cm³/mol. The van der Waals surface area contributed by atoms with E-state index >= 15 is 0 Å². The van der Waals surface area contributed by atoms with Gasteiger partial charge < -0.3 is 10.2 Å². The quantitative estimate of drug-likeness (QED) is 0.930. The van der Waals surface area contributed by atoms with Gasteiger partial charge in [-0.1, -0.05) is 25.3 Å². The van der Waals surface area contributed by atoms with E-state index in [1.54, 1.807) is 16.2 Å². The summed E-state index contributed by atoms with van der Waals surface area (Å²) in [6.07, 6.45) is 7.02. The molecule has 120 valence electrons. The Morgan fingerprint density at radius 2 is 2.05 bits per heavy atom. The second kappa shape index (κ2) is 6.82. The number of carbonyl (C=O) groups excluding carboxylic acids is 2. The summed E-state index contributed by atoms with van der Waals surface area (Å²) >= 11 is 1.63. The summed E-state index contributed by atoms with van der Waals surface area (Å²) in [7, 11) is 1.83. The Morgan fingerprint density at radius 1 is 1.27 bits per heavy atom. The van der Waals surface area contributed by atoms with E-state index in [0.717, 1.165) is 17.7 Å². The van der Waals surface area contributed by atoms with Crippen LogP contribution in [0.1, 0.15) is 55.9 Å². The summed E-state index contributed by atoms with van der Waals surface area (Å²) in [5.74, 6) is 0.146. The van der Waals surface area contributed by atoms with E-state index in [9.17, 15) is 9.59 Å². The molecule has 2 amide bonds. The molecule has 0 unspecified atom stereocenters. The Kier molecular flexibility index (Phi) is 4.81. The lowest BCUT2D eigenvalue weighted by atomic mass is 9.86. The zero-order chi connectivity index (χ0) is 15.5. The molecule has 1 aromatic rings. The third-order valence-electron chi connectivity index (χ3n) is 4.98. The Labute approximate surface area is 135 Å². The van der Waals surface area contributed by atoms with E-state index in [4.69, 9.17) is 0 Å². The van der Waals surface area contributed by atoms with Gasteiger partial charge in [0, 0.05) is 24.4 Å². The summed E-state index contributed by atoms with van der Waals surface area (Å²) < 4.78 is 0. The molecule has 0 radical (unpaired) electrons. The lowest BCUT2D eigenvalue weighted by molar-refractivity contribution is -0.141. The summed E-state index contributed by atoms with van der Waals surface area (Å²) in [5.41, 5.74) is 0. The molecular formula is C17H24N2O2S. The standard InChI is InChI=1S/C17H24N2O2S/c1-19-15(20)10-9-13(16(19)14-8-5-11-22-14)17(21)18-12-6-3-2-4-7-12/h5,8,11-13,16H,2-4,6-7,9-10H2,1H3,(H,18,21)/t13-,16-/m1/s1. The van der Waals surface area contributed by atoms with Gasteiger partial charge in [0.25, 0.3) is 0 Å². The molecular weight excluding hydrogens is 296 g/mol. The number of likely N-dealkylation sites (tertiary alicyclic amines) is 1. The smallest absolute Gasteiger partial charge is 0.225 e. The van der Waals surface area contributed by atoms with Crippen molar-refractivity contribution >= 4 is 23.2 Å². The summed E-state index contributed by atoms with van der Waals surface area (Å²) in [6, 6.07) is 4.24. The minimum atomic E-state index is -0.122. The fraction of sp³-hybridized carbons (Fsp3) is 0.647. The van der Waals surface area contributed by atoms with Gasteiger partial charge >= 0.3 is 0 Å². The highest BCUT2D eigenvalue weighted by Gasteiger charge is 2.39. The van der Waals surface area contributed by atoms with Crippen molar-refractivity contribution in [2.75, 3.05) is 7.05 Å². The van der Waals surface area contributed by atoms with Crippen LogP contribution >= 0.6 is 11.3 Å². The van der Waals surface area contributed by atoms with Gasteiger partial charge in [-0.05, 0) is 30.7 Å². The number of hydrogen-bond donors (Lipinski definition) is 1. The molecule has 22 heavy (non-hydrogen) atoms. The zero-order valence-corrected chi connectivity index (χ0v) is 13.9. The first kappa shape index (κ1) is 15.5. The lowest BCUT2D eigenvalue weighted by Gasteiger charge is -2.38. The van der Waals surface area contributed by atoms with Crippen LogP contribution in [-0.2, 0) is 9.59 Å². The Hall–Kier alpha value is -1.36. The number of amides is 2. The van der Waals surface area contributed by atoms with Crippen molar-refractivity contribution in [2.24, 2.45) is 5.92 Å². The number of nitrogens with one attached hydrogen (secondary N) is 1. The van der Waals surface area contributed by atoms with Crippen LogP contribution in [0.2, 0.25) is 0 Å². The summed E-state index contributed by atoms with van der Waals surface area (Å²) in [5, 5.41) is 5.26. The van der Waals surface area contributed by atoms with E-state index in [1.165, 1.54) is 19.3 Å². The Balaban J connectivity index is 1.74. The number of rotatable bonds is 3. The van der Waals surface area contributed by atoms with Crippen molar-refractivity contribution in [1.29, 1.82) is 0 Å². The average Bonchev–Trinajstić information content (AvgIpc) is 3.04. The summed E-state index contributed by atoms with van der Waals surface area (Å²) in [6.45, 7) is 0. The highest BCUT2D eigenvalue weighted by atomic mass is 32.1. The molecule has 2 atom stereocenters. The minimum Gasteiger partial charge on any atom is -0.353 e. The Bertz CT molecular complexity index is 523. The number of nitrogens with zero attached hydrogens (tertiary/aromatic N) is 1. The van der Waals surface area contributed by atoms with E-state index in [0.29, 0.717) is 18.9 Å². The van der Waals surface area contributed by atoms with Gasteiger partial charge in [0.1, 0.15) is 0 Å². The van der Waals surface area contributed by atoms with Crippen LogP contribution in [0.5, 0.6) is 0 Å². The predicted octanol–water partition coefficient (Wildman–Crippen LogP) is 3.11. The first-order valence-corrected chi connectivity index (χ1v) is 9.14. The maximum absolute atomic E-state index is 12.8. The fourth-order valence-corrected chi connectivity index (χ4v) is 4.65. The van der Waals surface area contributed by atoms with Crippen LogP contribution < -0.4 is 5.32 Å². The van der Waals surface area contributed by atoms with Gasteiger partial charge in [0.05, 0.1) is 12.0 Å². The number of piperidine rings is 1. The molecule has 1 N–H and O–H groups in total. The van der Waals surface area contributed by atoms with Crippen molar-refractivity contribution < 1.29 is 9.59 Å².